The predicted octanol–water partition coefficient (Wildman–Crippen LogP) is 0.124. The molecule has 0 fully saturated rings. The van der Waals surface area contributed by atoms with Crippen molar-refractivity contribution in [2.75, 3.05) is 13.6 Å². The van der Waals surface area contributed by atoms with Gasteiger partial charge in [0.15, 0.2) is 11.2 Å². The van der Waals surface area contributed by atoms with Crippen LogP contribution in [0.25, 0.3) is 11.2 Å². The van der Waals surface area contributed by atoms with Gasteiger partial charge < -0.3 is 15.1 Å². The van der Waals surface area contributed by atoms with Gasteiger partial charge in [-0.2, -0.15) is 0 Å². The fourth-order valence-electron chi connectivity index (χ4n) is 1.70. The Kier molecular flexibility index (Phi) is 4.14. The van der Waals surface area contributed by atoms with E-state index >= 15 is 0 Å². The normalized spacial score (nSPS) is 10.7. The smallest absolute Gasteiger partial charge is 0.406 e. The third kappa shape index (κ3) is 3.02. The molecular formula is C12H14N4O3S. The fraction of sp³-hybridized carbons (Fsp3) is 0.333. The second-order valence-corrected chi connectivity index (χ2v) is 4.84. The summed E-state index contributed by atoms with van der Waals surface area (Å²) in [6, 6.07) is 3.28. The van der Waals surface area contributed by atoms with E-state index in [2.05, 4.69) is 4.98 Å². The number of carbonyl (C=O) groups is 1. The quantitative estimate of drug-likeness (QED) is 0.787. The van der Waals surface area contributed by atoms with Gasteiger partial charge in [-0.05, 0) is 12.1 Å². The average molecular weight is 294 g/mol. The molecule has 0 aromatic carbocycles. The van der Waals surface area contributed by atoms with Crippen LogP contribution in [0.1, 0.15) is 6.42 Å². The molecule has 0 spiro atoms. The maximum Gasteiger partial charge on any atom is 0.421 e. The number of likely N-dealkylation sites (N-methyl/N-ethyl adjacent to an activating group) is 1. The van der Waals surface area contributed by atoms with E-state index in [0.29, 0.717) is 29.2 Å². The minimum absolute atomic E-state index is 0.128. The van der Waals surface area contributed by atoms with Crippen molar-refractivity contribution < 1.29 is 9.21 Å². The SMILES string of the molecule is CN(CCC(N)=S)C(=O)Cn1c(=O)oc2cccnc21. The number of thiocarbonyl (C=S) groups is 1. The van der Waals surface area contributed by atoms with E-state index < -0.39 is 5.76 Å². The summed E-state index contributed by atoms with van der Waals surface area (Å²) in [4.78, 5) is 29.6. The summed E-state index contributed by atoms with van der Waals surface area (Å²) >= 11 is 4.76. The highest BCUT2D eigenvalue weighted by molar-refractivity contribution is 7.80. The van der Waals surface area contributed by atoms with E-state index in [1.165, 1.54) is 15.7 Å². The summed E-state index contributed by atoms with van der Waals surface area (Å²) in [5.74, 6) is -0.841. The number of amides is 1. The van der Waals surface area contributed by atoms with E-state index in [4.69, 9.17) is 22.4 Å². The molecule has 7 nitrogen and oxygen atoms in total. The molecule has 20 heavy (non-hydrogen) atoms. The zero-order chi connectivity index (χ0) is 14.7. The van der Waals surface area contributed by atoms with E-state index in [-0.39, 0.29) is 12.5 Å². The number of rotatable bonds is 5. The van der Waals surface area contributed by atoms with E-state index in [1.54, 1.807) is 19.2 Å². The first-order valence-electron chi connectivity index (χ1n) is 5.95. The van der Waals surface area contributed by atoms with Crippen LogP contribution in [-0.2, 0) is 11.3 Å². The molecule has 2 aromatic heterocycles. The maximum absolute atomic E-state index is 12.0. The molecule has 0 bridgehead atoms. The van der Waals surface area contributed by atoms with Crippen LogP contribution < -0.4 is 11.5 Å². The molecule has 8 heteroatoms. The van der Waals surface area contributed by atoms with E-state index in [1.807, 2.05) is 0 Å². The molecular weight excluding hydrogens is 280 g/mol. The van der Waals surface area contributed by atoms with Gasteiger partial charge in [-0.1, -0.05) is 12.2 Å². The van der Waals surface area contributed by atoms with Crippen LogP contribution in [0.3, 0.4) is 0 Å². The minimum atomic E-state index is -0.602. The number of pyridine rings is 1. The van der Waals surface area contributed by atoms with Gasteiger partial charge in [-0.25, -0.2) is 14.3 Å². The predicted molar refractivity (Wildman–Crippen MR) is 77.3 cm³/mol. The van der Waals surface area contributed by atoms with Crippen molar-refractivity contribution >= 4 is 34.3 Å². The monoisotopic (exact) mass is 294 g/mol. The van der Waals surface area contributed by atoms with Crippen molar-refractivity contribution in [3.05, 3.63) is 28.9 Å². The highest BCUT2D eigenvalue weighted by atomic mass is 32.1. The molecule has 2 N–H and O–H groups in total. The third-order valence-electron chi connectivity index (χ3n) is 2.84. The summed E-state index contributed by atoms with van der Waals surface area (Å²) in [5, 5.41) is 0. The number of oxazole rings is 1. The van der Waals surface area contributed by atoms with Gasteiger partial charge in [0, 0.05) is 26.2 Å². The van der Waals surface area contributed by atoms with Crippen LogP contribution in [0.4, 0.5) is 0 Å². The Labute approximate surface area is 120 Å². The standard InChI is InChI=1S/C12H14N4O3S/c1-15(6-4-9(13)20)10(17)7-16-11-8(19-12(16)18)3-2-5-14-11/h2-3,5H,4,6-7H2,1H3,(H2,13,20). The van der Waals surface area contributed by atoms with Crippen molar-refractivity contribution in [1.82, 2.24) is 14.5 Å². The number of nitrogens with two attached hydrogens (primary N) is 1. The summed E-state index contributed by atoms with van der Waals surface area (Å²) < 4.78 is 6.21. The highest BCUT2D eigenvalue weighted by Gasteiger charge is 2.16. The lowest BCUT2D eigenvalue weighted by molar-refractivity contribution is -0.130. The third-order valence-corrected chi connectivity index (χ3v) is 3.04. The number of hydrogen-bond donors (Lipinski definition) is 1. The Balaban J connectivity index is 2.15. The molecule has 0 radical (unpaired) electrons. The molecule has 0 atom stereocenters. The first-order valence-corrected chi connectivity index (χ1v) is 6.36. The largest absolute Gasteiger partial charge is 0.421 e. The van der Waals surface area contributed by atoms with Gasteiger partial charge in [0.05, 0.1) is 4.99 Å². The molecule has 2 rings (SSSR count). The van der Waals surface area contributed by atoms with Crippen LogP contribution >= 0.6 is 12.2 Å². The molecule has 0 aliphatic carbocycles. The lowest BCUT2D eigenvalue weighted by Crippen LogP contribution is -2.34. The van der Waals surface area contributed by atoms with Gasteiger partial charge >= 0.3 is 5.76 Å². The maximum atomic E-state index is 12.0. The van der Waals surface area contributed by atoms with Crippen LogP contribution in [0, 0.1) is 0 Å². The number of carbonyl (C=O) groups excluding carboxylic acids is 1. The second kappa shape index (κ2) is 5.83. The highest BCUT2D eigenvalue weighted by Crippen LogP contribution is 2.08. The molecule has 2 aromatic rings. The van der Waals surface area contributed by atoms with Crippen LogP contribution in [0.15, 0.2) is 27.5 Å². The Bertz CT molecular complexity index is 706. The topological polar surface area (TPSA) is 94.4 Å². The first kappa shape index (κ1) is 14.2. The Morgan fingerprint density at radius 1 is 1.60 bits per heavy atom. The zero-order valence-corrected chi connectivity index (χ0v) is 11.7. The molecule has 0 unspecified atom stereocenters. The lowest BCUT2D eigenvalue weighted by atomic mass is 10.4. The molecule has 0 saturated carbocycles. The summed E-state index contributed by atoms with van der Waals surface area (Å²) in [6.45, 7) is 0.281. The Hall–Kier alpha value is -2.22. The van der Waals surface area contributed by atoms with E-state index in [0.717, 1.165) is 0 Å². The van der Waals surface area contributed by atoms with E-state index in [9.17, 15) is 9.59 Å². The van der Waals surface area contributed by atoms with Crippen molar-refractivity contribution in [3.63, 3.8) is 0 Å². The zero-order valence-electron chi connectivity index (χ0n) is 10.9. The average Bonchev–Trinajstić information content (AvgIpc) is 2.72. The molecule has 0 saturated heterocycles. The van der Waals surface area contributed by atoms with Crippen LogP contribution in [0.2, 0.25) is 0 Å². The van der Waals surface area contributed by atoms with Gasteiger partial charge in [0.25, 0.3) is 0 Å². The van der Waals surface area contributed by atoms with Gasteiger partial charge in [-0.3, -0.25) is 4.79 Å². The van der Waals surface area contributed by atoms with Crippen LogP contribution in [-0.4, -0.2) is 38.9 Å². The molecule has 0 aliphatic heterocycles. The van der Waals surface area contributed by atoms with Gasteiger partial charge in [-0.15, -0.1) is 0 Å². The van der Waals surface area contributed by atoms with Gasteiger partial charge in [0.2, 0.25) is 5.91 Å². The number of hydrogen-bond acceptors (Lipinski definition) is 5. The van der Waals surface area contributed by atoms with Crippen molar-refractivity contribution in [2.24, 2.45) is 5.73 Å². The van der Waals surface area contributed by atoms with Crippen molar-refractivity contribution in [1.29, 1.82) is 0 Å². The molecule has 0 aliphatic rings. The lowest BCUT2D eigenvalue weighted by Gasteiger charge is -2.16. The van der Waals surface area contributed by atoms with Gasteiger partial charge in [0.1, 0.15) is 6.54 Å². The second-order valence-electron chi connectivity index (χ2n) is 4.31. The number of aromatic nitrogens is 2. The molecule has 1 amide bonds. The first-order chi connectivity index (χ1) is 9.49. The fourth-order valence-corrected chi connectivity index (χ4v) is 1.79. The molecule has 2 heterocycles. The summed E-state index contributed by atoms with van der Waals surface area (Å²) in [7, 11) is 1.63. The summed E-state index contributed by atoms with van der Waals surface area (Å²) in [6.07, 6.45) is 1.98. The van der Waals surface area contributed by atoms with Crippen molar-refractivity contribution in [3.8, 4) is 0 Å². The Morgan fingerprint density at radius 3 is 3.05 bits per heavy atom. The molecule has 106 valence electrons. The number of fused-ring (bicyclic) bond motifs is 1. The Morgan fingerprint density at radius 2 is 2.35 bits per heavy atom. The summed E-state index contributed by atoms with van der Waals surface area (Å²) in [5.41, 5.74) is 6.10. The van der Waals surface area contributed by atoms with Crippen LogP contribution in [0.5, 0.6) is 0 Å². The number of nitrogens with zero attached hydrogens (tertiary/aromatic N) is 3. The minimum Gasteiger partial charge on any atom is -0.406 e. The van der Waals surface area contributed by atoms with Crippen molar-refractivity contribution in [2.45, 2.75) is 13.0 Å².